The zero-order chi connectivity index (χ0) is 10.1. The summed E-state index contributed by atoms with van der Waals surface area (Å²) >= 11 is 3.37. The molecule has 1 aromatic heterocycles. The standard InChI is InChI=1S/C10H11BrN2O/c1-13-9(8(11)6-12-13)4-5-10(14)7-2-3-7/h4-7H,2-3H2,1H3/b5-4+. The van der Waals surface area contributed by atoms with Crippen molar-refractivity contribution in [2.75, 3.05) is 0 Å². The van der Waals surface area contributed by atoms with E-state index in [9.17, 15) is 4.79 Å². The molecule has 0 aromatic carbocycles. The number of carbonyl (C=O) groups is 1. The maximum Gasteiger partial charge on any atom is 0.158 e. The number of allylic oxidation sites excluding steroid dienone is 1. The van der Waals surface area contributed by atoms with E-state index in [1.54, 1.807) is 17.0 Å². The molecule has 0 radical (unpaired) electrons. The summed E-state index contributed by atoms with van der Waals surface area (Å²) in [4.78, 5) is 11.4. The van der Waals surface area contributed by atoms with Gasteiger partial charge in [-0.15, -0.1) is 0 Å². The van der Waals surface area contributed by atoms with Gasteiger partial charge in [-0.25, -0.2) is 0 Å². The lowest BCUT2D eigenvalue weighted by Crippen LogP contribution is -1.96. The summed E-state index contributed by atoms with van der Waals surface area (Å²) in [5, 5.41) is 4.06. The molecular formula is C10H11BrN2O. The molecule has 1 aliphatic carbocycles. The Hall–Kier alpha value is -0.900. The highest BCUT2D eigenvalue weighted by atomic mass is 79.9. The van der Waals surface area contributed by atoms with Gasteiger partial charge in [0.15, 0.2) is 5.78 Å². The van der Waals surface area contributed by atoms with Crippen LogP contribution in [0.5, 0.6) is 0 Å². The molecule has 2 rings (SSSR count). The molecule has 14 heavy (non-hydrogen) atoms. The molecule has 0 amide bonds. The number of aryl methyl sites for hydroxylation is 1. The van der Waals surface area contributed by atoms with Crippen LogP contribution in [-0.2, 0) is 11.8 Å². The molecule has 0 N–H and O–H groups in total. The van der Waals surface area contributed by atoms with Crippen molar-refractivity contribution >= 4 is 27.8 Å². The van der Waals surface area contributed by atoms with E-state index in [1.807, 2.05) is 13.1 Å². The average molecular weight is 255 g/mol. The van der Waals surface area contributed by atoms with Gasteiger partial charge >= 0.3 is 0 Å². The third-order valence-corrected chi connectivity index (χ3v) is 2.93. The smallest absolute Gasteiger partial charge is 0.158 e. The SMILES string of the molecule is Cn1ncc(Br)c1/C=C/C(=O)C1CC1. The van der Waals surface area contributed by atoms with E-state index in [4.69, 9.17) is 0 Å². The summed E-state index contributed by atoms with van der Waals surface area (Å²) < 4.78 is 2.65. The predicted octanol–water partition coefficient (Wildman–Crippen LogP) is 2.17. The minimum atomic E-state index is 0.234. The summed E-state index contributed by atoms with van der Waals surface area (Å²) in [6.45, 7) is 0. The van der Waals surface area contributed by atoms with Crippen LogP contribution < -0.4 is 0 Å². The molecule has 0 aliphatic heterocycles. The van der Waals surface area contributed by atoms with Crippen molar-refractivity contribution < 1.29 is 4.79 Å². The normalized spacial score (nSPS) is 16.4. The zero-order valence-electron chi connectivity index (χ0n) is 7.90. The quantitative estimate of drug-likeness (QED) is 0.776. The Bertz CT molecular complexity index is 371. The maximum atomic E-state index is 11.4. The van der Waals surface area contributed by atoms with Gasteiger partial charge < -0.3 is 0 Å². The maximum absolute atomic E-state index is 11.4. The molecule has 1 heterocycles. The second-order valence-electron chi connectivity index (χ2n) is 3.51. The fourth-order valence-electron chi connectivity index (χ4n) is 1.27. The van der Waals surface area contributed by atoms with E-state index in [-0.39, 0.29) is 5.78 Å². The van der Waals surface area contributed by atoms with Crippen LogP contribution in [0.4, 0.5) is 0 Å². The number of nitrogens with zero attached hydrogens (tertiary/aromatic N) is 2. The van der Waals surface area contributed by atoms with Crippen LogP contribution in [0, 0.1) is 5.92 Å². The number of hydrogen-bond donors (Lipinski definition) is 0. The summed E-state index contributed by atoms with van der Waals surface area (Å²) in [5.74, 6) is 0.524. The van der Waals surface area contributed by atoms with E-state index < -0.39 is 0 Å². The van der Waals surface area contributed by atoms with Crippen molar-refractivity contribution in [3.8, 4) is 0 Å². The second-order valence-corrected chi connectivity index (χ2v) is 4.37. The van der Waals surface area contributed by atoms with Crippen LogP contribution in [0.1, 0.15) is 18.5 Å². The number of carbonyl (C=O) groups excluding carboxylic acids is 1. The molecule has 1 aliphatic rings. The van der Waals surface area contributed by atoms with E-state index >= 15 is 0 Å². The van der Waals surface area contributed by atoms with Gasteiger partial charge in [0.25, 0.3) is 0 Å². The van der Waals surface area contributed by atoms with Gasteiger partial charge in [-0.05, 0) is 40.9 Å². The summed E-state index contributed by atoms with van der Waals surface area (Å²) in [7, 11) is 1.85. The van der Waals surface area contributed by atoms with Gasteiger partial charge in [0.05, 0.1) is 16.4 Å². The first kappa shape index (κ1) is 9.65. The monoisotopic (exact) mass is 254 g/mol. The van der Waals surface area contributed by atoms with Gasteiger partial charge in [0.1, 0.15) is 0 Å². The highest BCUT2D eigenvalue weighted by Crippen LogP contribution is 2.30. The molecule has 0 spiro atoms. The number of halogens is 1. The van der Waals surface area contributed by atoms with Crippen molar-refractivity contribution in [3.63, 3.8) is 0 Å². The number of rotatable bonds is 3. The molecule has 0 bridgehead atoms. The Balaban J connectivity index is 2.12. The molecule has 3 nitrogen and oxygen atoms in total. The van der Waals surface area contributed by atoms with Gasteiger partial charge in [-0.2, -0.15) is 5.10 Å². The second kappa shape index (κ2) is 3.69. The van der Waals surface area contributed by atoms with Crippen molar-refractivity contribution in [1.82, 2.24) is 9.78 Å². The lowest BCUT2D eigenvalue weighted by atomic mass is 10.2. The Morgan fingerprint density at radius 1 is 1.71 bits per heavy atom. The Morgan fingerprint density at radius 2 is 2.43 bits per heavy atom. The summed E-state index contributed by atoms with van der Waals surface area (Å²) in [6.07, 6.45) is 7.30. The Morgan fingerprint density at radius 3 is 2.93 bits per heavy atom. The molecular weight excluding hydrogens is 244 g/mol. The molecule has 1 aromatic rings. The number of aromatic nitrogens is 2. The molecule has 0 saturated heterocycles. The fraction of sp³-hybridized carbons (Fsp3) is 0.400. The van der Waals surface area contributed by atoms with E-state index in [2.05, 4.69) is 21.0 Å². The van der Waals surface area contributed by atoms with Crippen LogP contribution in [0.25, 0.3) is 6.08 Å². The van der Waals surface area contributed by atoms with E-state index in [0.717, 1.165) is 23.0 Å². The zero-order valence-corrected chi connectivity index (χ0v) is 9.49. The highest BCUT2D eigenvalue weighted by Gasteiger charge is 2.27. The number of hydrogen-bond acceptors (Lipinski definition) is 2. The number of ketones is 1. The summed E-state index contributed by atoms with van der Waals surface area (Å²) in [6, 6.07) is 0. The van der Waals surface area contributed by atoms with Gasteiger partial charge in [-0.3, -0.25) is 9.48 Å². The lowest BCUT2D eigenvalue weighted by molar-refractivity contribution is -0.115. The molecule has 0 unspecified atom stereocenters. The van der Waals surface area contributed by atoms with Crippen LogP contribution in [-0.4, -0.2) is 15.6 Å². The van der Waals surface area contributed by atoms with E-state index in [0.29, 0.717) is 5.92 Å². The lowest BCUT2D eigenvalue weighted by Gasteiger charge is -1.94. The average Bonchev–Trinajstić information content (AvgIpc) is 2.93. The topological polar surface area (TPSA) is 34.9 Å². The minimum Gasteiger partial charge on any atom is -0.295 e. The summed E-state index contributed by atoms with van der Waals surface area (Å²) in [5.41, 5.74) is 0.930. The van der Waals surface area contributed by atoms with E-state index in [1.165, 1.54) is 0 Å². The van der Waals surface area contributed by atoms with Crippen molar-refractivity contribution in [3.05, 3.63) is 22.4 Å². The molecule has 1 fully saturated rings. The van der Waals surface area contributed by atoms with Crippen LogP contribution in [0.3, 0.4) is 0 Å². The predicted molar refractivity (Wildman–Crippen MR) is 57.7 cm³/mol. The molecule has 1 saturated carbocycles. The molecule has 4 heteroatoms. The van der Waals surface area contributed by atoms with Crippen LogP contribution in [0.15, 0.2) is 16.7 Å². The van der Waals surface area contributed by atoms with Crippen LogP contribution in [0.2, 0.25) is 0 Å². The van der Waals surface area contributed by atoms with Gasteiger partial charge in [0.2, 0.25) is 0 Å². The molecule has 0 atom stereocenters. The first-order valence-corrected chi connectivity index (χ1v) is 5.37. The first-order chi connectivity index (χ1) is 6.68. The van der Waals surface area contributed by atoms with Crippen molar-refractivity contribution in [2.45, 2.75) is 12.8 Å². The minimum absolute atomic E-state index is 0.234. The largest absolute Gasteiger partial charge is 0.295 e. The Labute approximate surface area is 90.9 Å². The highest BCUT2D eigenvalue weighted by molar-refractivity contribution is 9.10. The third-order valence-electron chi connectivity index (χ3n) is 2.32. The van der Waals surface area contributed by atoms with Crippen molar-refractivity contribution in [2.24, 2.45) is 13.0 Å². The molecule has 74 valence electrons. The van der Waals surface area contributed by atoms with Gasteiger partial charge in [-0.1, -0.05) is 0 Å². The fourth-order valence-corrected chi connectivity index (χ4v) is 1.75. The first-order valence-electron chi connectivity index (χ1n) is 4.58. The third kappa shape index (κ3) is 1.95. The van der Waals surface area contributed by atoms with Crippen molar-refractivity contribution in [1.29, 1.82) is 0 Å². The Kier molecular flexibility index (Phi) is 2.54. The van der Waals surface area contributed by atoms with Crippen LogP contribution >= 0.6 is 15.9 Å². The van der Waals surface area contributed by atoms with Gasteiger partial charge in [0, 0.05) is 13.0 Å².